The van der Waals surface area contributed by atoms with Gasteiger partial charge in [0.15, 0.2) is 0 Å². The van der Waals surface area contributed by atoms with Crippen molar-refractivity contribution in [1.29, 1.82) is 0 Å². The number of carbonyl (C=O) groups excluding carboxylic acids is 1. The molecule has 0 atom stereocenters. The maximum atomic E-state index is 10.9. The van der Waals surface area contributed by atoms with E-state index in [9.17, 15) is 4.79 Å². The number of carbonyl (C=O) groups is 1. The molecular weight excluding hydrogens is 270 g/mol. The molecule has 0 aliphatic rings. The van der Waals surface area contributed by atoms with Gasteiger partial charge < -0.3 is 10.1 Å². The molecule has 3 nitrogen and oxygen atoms in total. The van der Waals surface area contributed by atoms with Crippen molar-refractivity contribution in [3.8, 4) is 0 Å². The highest BCUT2D eigenvalue weighted by Gasteiger charge is 1.97. The van der Waals surface area contributed by atoms with Crippen molar-refractivity contribution in [2.75, 3.05) is 7.11 Å². The Bertz CT molecular complexity index is 385. The molecule has 86 valence electrons. The van der Waals surface area contributed by atoms with Crippen LogP contribution in [0.1, 0.15) is 12.5 Å². The molecule has 1 aromatic carbocycles. The molecule has 0 amide bonds. The summed E-state index contributed by atoms with van der Waals surface area (Å²) < 4.78 is 5.58. The average molecular weight is 284 g/mol. The number of halogens is 1. The molecule has 0 aromatic heterocycles. The normalized spacial score (nSPS) is 11.1. The zero-order chi connectivity index (χ0) is 12.0. The molecule has 1 aromatic rings. The largest absolute Gasteiger partial charge is 0.466 e. The fraction of sp³-hybridized carbons (Fsp3) is 0.250. The number of benzene rings is 1. The lowest BCUT2D eigenvalue weighted by Crippen LogP contribution is -2.12. The van der Waals surface area contributed by atoms with E-state index in [-0.39, 0.29) is 5.97 Å². The van der Waals surface area contributed by atoms with Crippen LogP contribution in [0.2, 0.25) is 0 Å². The van der Waals surface area contributed by atoms with E-state index in [0.29, 0.717) is 6.54 Å². The van der Waals surface area contributed by atoms with Crippen LogP contribution in [0.15, 0.2) is 40.5 Å². The maximum Gasteiger partial charge on any atom is 0.332 e. The Morgan fingerprint density at radius 1 is 1.44 bits per heavy atom. The monoisotopic (exact) mass is 283 g/mol. The lowest BCUT2D eigenvalue weighted by molar-refractivity contribution is -0.134. The van der Waals surface area contributed by atoms with E-state index in [1.54, 1.807) is 0 Å². The van der Waals surface area contributed by atoms with Gasteiger partial charge in [0.05, 0.1) is 7.11 Å². The van der Waals surface area contributed by atoms with Crippen molar-refractivity contribution < 1.29 is 9.53 Å². The Morgan fingerprint density at radius 3 is 2.62 bits per heavy atom. The third-order valence-electron chi connectivity index (χ3n) is 2.02. The quantitative estimate of drug-likeness (QED) is 0.682. The SMILES string of the molecule is COC(=O)/C=C(/C)NCc1ccc(Br)cc1. The van der Waals surface area contributed by atoms with Crippen molar-refractivity contribution in [1.82, 2.24) is 5.32 Å². The summed E-state index contributed by atoms with van der Waals surface area (Å²) in [5.41, 5.74) is 1.94. The van der Waals surface area contributed by atoms with Crippen molar-refractivity contribution >= 4 is 21.9 Å². The lowest BCUT2D eigenvalue weighted by Gasteiger charge is -2.06. The van der Waals surface area contributed by atoms with E-state index in [1.165, 1.54) is 13.2 Å². The first kappa shape index (κ1) is 12.8. The number of ether oxygens (including phenoxy) is 1. The van der Waals surface area contributed by atoms with E-state index in [0.717, 1.165) is 15.7 Å². The number of rotatable bonds is 4. The maximum absolute atomic E-state index is 10.9. The minimum absolute atomic E-state index is 0.346. The van der Waals surface area contributed by atoms with Gasteiger partial charge in [0.2, 0.25) is 0 Å². The van der Waals surface area contributed by atoms with Gasteiger partial charge in [0, 0.05) is 22.8 Å². The molecule has 0 fully saturated rings. The molecule has 16 heavy (non-hydrogen) atoms. The summed E-state index contributed by atoms with van der Waals surface area (Å²) in [5.74, 6) is -0.346. The van der Waals surface area contributed by atoms with Crippen molar-refractivity contribution in [2.45, 2.75) is 13.5 Å². The smallest absolute Gasteiger partial charge is 0.332 e. The number of hydrogen-bond acceptors (Lipinski definition) is 3. The summed E-state index contributed by atoms with van der Waals surface area (Å²) in [5, 5.41) is 3.13. The summed E-state index contributed by atoms with van der Waals surface area (Å²) in [6, 6.07) is 8.00. The van der Waals surface area contributed by atoms with Gasteiger partial charge in [-0.15, -0.1) is 0 Å². The van der Waals surface area contributed by atoms with Crippen LogP contribution in [0.25, 0.3) is 0 Å². The van der Waals surface area contributed by atoms with Gasteiger partial charge in [-0.05, 0) is 24.6 Å². The number of esters is 1. The van der Waals surface area contributed by atoms with Gasteiger partial charge in [-0.1, -0.05) is 28.1 Å². The number of nitrogens with one attached hydrogen (secondary N) is 1. The molecule has 0 saturated heterocycles. The van der Waals surface area contributed by atoms with E-state index in [1.807, 2.05) is 31.2 Å². The van der Waals surface area contributed by atoms with Gasteiger partial charge in [0.1, 0.15) is 0 Å². The predicted molar refractivity (Wildman–Crippen MR) is 66.8 cm³/mol. The van der Waals surface area contributed by atoms with Gasteiger partial charge >= 0.3 is 5.97 Å². The third kappa shape index (κ3) is 4.49. The Labute approximate surface area is 104 Å². The van der Waals surface area contributed by atoms with Crippen LogP contribution in [0.3, 0.4) is 0 Å². The highest BCUT2D eigenvalue weighted by atomic mass is 79.9. The summed E-state index contributed by atoms with van der Waals surface area (Å²) in [6.07, 6.45) is 1.43. The minimum atomic E-state index is -0.346. The molecule has 1 rings (SSSR count). The second-order valence-electron chi connectivity index (χ2n) is 3.33. The highest BCUT2D eigenvalue weighted by Crippen LogP contribution is 2.10. The molecule has 0 aliphatic heterocycles. The molecule has 0 saturated carbocycles. The number of methoxy groups -OCH3 is 1. The van der Waals surface area contributed by atoms with E-state index < -0.39 is 0 Å². The second kappa shape index (κ2) is 6.33. The van der Waals surface area contributed by atoms with Crippen LogP contribution in [0.4, 0.5) is 0 Å². The first-order chi connectivity index (χ1) is 7.61. The van der Waals surface area contributed by atoms with Crippen LogP contribution < -0.4 is 5.32 Å². The van der Waals surface area contributed by atoms with E-state index in [2.05, 4.69) is 26.0 Å². The van der Waals surface area contributed by atoms with Gasteiger partial charge in [0.25, 0.3) is 0 Å². The first-order valence-electron chi connectivity index (χ1n) is 4.86. The summed E-state index contributed by atoms with van der Waals surface area (Å²) in [4.78, 5) is 10.9. The zero-order valence-corrected chi connectivity index (χ0v) is 10.9. The van der Waals surface area contributed by atoms with Crippen LogP contribution in [-0.2, 0) is 16.1 Å². The molecule has 0 bridgehead atoms. The van der Waals surface area contributed by atoms with E-state index >= 15 is 0 Å². The van der Waals surface area contributed by atoms with Crippen LogP contribution in [0, 0.1) is 0 Å². The van der Waals surface area contributed by atoms with Gasteiger partial charge in [-0.2, -0.15) is 0 Å². The second-order valence-corrected chi connectivity index (χ2v) is 4.25. The molecular formula is C12H14BrNO2. The Kier molecular flexibility index (Phi) is 5.05. The predicted octanol–water partition coefficient (Wildman–Crippen LogP) is 2.62. The molecule has 4 heteroatoms. The third-order valence-corrected chi connectivity index (χ3v) is 2.55. The fourth-order valence-corrected chi connectivity index (χ4v) is 1.39. The minimum Gasteiger partial charge on any atom is -0.466 e. The first-order valence-corrected chi connectivity index (χ1v) is 5.65. The average Bonchev–Trinajstić information content (AvgIpc) is 2.28. The summed E-state index contributed by atoms with van der Waals surface area (Å²) in [6.45, 7) is 2.52. The zero-order valence-electron chi connectivity index (χ0n) is 9.29. The van der Waals surface area contributed by atoms with Crippen LogP contribution >= 0.6 is 15.9 Å². The molecule has 0 aliphatic carbocycles. The van der Waals surface area contributed by atoms with Crippen molar-refractivity contribution in [3.05, 3.63) is 46.1 Å². The molecule has 0 spiro atoms. The summed E-state index contributed by atoms with van der Waals surface area (Å²) >= 11 is 3.37. The fourth-order valence-electron chi connectivity index (χ4n) is 1.13. The lowest BCUT2D eigenvalue weighted by atomic mass is 10.2. The van der Waals surface area contributed by atoms with E-state index in [4.69, 9.17) is 0 Å². The van der Waals surface area contributed by atoms with Crippen LogP contribution in [-0.4, -0.2) is 13.1 Å². The Morgan fingerprint density at radius 2 is 2.06 bits per heavy atom. The van der Waals surface area contributed by atoms with Gasteiger partial charge in [-0.25, -0.2) is 4.79 Å². The molecule has 0 unspecified atom stereocenters. The number of hydrogen-bond donors (Lipinski definition) is 1. The summed E-state index contributed by atoms with van der Waals surface area (Å²) in [7, 11) is 1.36. The molecule has 1 N–H and O–H groups in total. The molecule has 0 heterocycles. The number of allylic oxidation sites excluding steroid dienone is 1. The van der Waals surface area contributed by atoms with Crippen molar-refractivity contribution in [3.63, 3.8) is 0 Å². The Balaban J connectivity index is 2.48. The standard InChI is InChI=1S/C12H14BrNO2/c1-9(7-12(15)16-2)14-8-10-3-5-11(13)6-4-10/h3-7,14H,8H2,1-2H3/b9-7-. The highest BCUT2D eigenvalue weighted by molar-refractivity contribution is 9.10. The van der Waals surface area contributed by atoms with Gasteiger partial charge in [-0.3, -0.25) is 0 Å². The Hall–Kier alpha value is -1.29. The van der Waals surface area contributed by atoms with Crippen LogP contribution in [0.5, 0.6) is 0 Å². The topological polar surface area (TPSA) is 38.3 Å². The van der Waals surface area contributed by atoms with Crippen molar-refractivity contribution in [2.24, 2.45) is 0 Å². The molecule has 0 radical (unpaired) electrons.